The summed E-state index contributed by atoms with van der Waals surface area (Å²) in [6.45, 7) is 8.30. The number of carboxylic acid groups (broad SMARTS) is 2. The van der Waals surface area contributed by atoms with E-state index in [4.69, 9.17) is 19.8 Å². The number of non-ortho nitro benzene ring substituents is 2. The third kappa shape index (κ3) is 9.02. The molecule has 4 aromatic carbocycles. The molecule has 0 aliphatic heterocycles. The zero-order chi connectivity index (χ0) is 32.3. The molecule has 11 heteroatoms. The number of nitro groups is 2. The van der Waals surface area contributed by atoms with E-state index in [0.29, 0.717) is 11.7 Å². The molecule has 4 rings (SSSR count). The van der Waals surface area contributed by atoms with Crippen molar-refractivity contribution in [2.24, 2.45) is 0 Å². The third-order valence-corrected chi connectivity index (χ3v) is 11.2. The van der Waals surface area contributed by atoms with E-state index in [1.807, 2.05) is 36.4 Å². The first kappa shape index (κ1) is 34.3. The Morgan fingerprint density at radius 3 is 1.21 bits per heavy atom. The minimum Gasteiger partial charge on any atom is -0.550 e. The molecule has 0 radical (unpaired) electrons. The Balaban J connectivity index is 0.000000719. The van der Waals surface area contributed by atoms with E-state index in [-0.39, 0.29) is 11.4 Å². The molecule has 0 saturated heterocycles. The van der Waals surface area contributed by atoms with Gasteiger partial charge in [-0.2, -0.15) is 0 Å². The summed E-state index contributed by atoms with van der Waals surface area (Å²) in [7, 11) is -2.43. The molecular formula is C32H33N2O8P. The van der Waals surface area contributed by atoms with Gasteiger partial charge in [0.05, 0.1) is 22.1 Å². The van der Waals surface area contributed by atoms with Gasteiger partial charge in [0.1, 0.15) is 23.2 Å². The molecule has 0 saturated carbocycles. The normalized spacial score (nSPS) is 10.3. The van der Waals surface area contributed by atoms with E-state index in [1.54, 1.807) is 0 Å². The predicted octanol–water partition coefficient (Wildman–Crippen LogP) is 4.77. The first-order valence-corrected chi connectivity index (χ1v) is 15.0. The quantitative estimate of drug-likeness (QED) is 0.179. The van der Waals surface area contributed by atoms with Crippen molar-refractivity contribution in [2.45, 2.75) is 40.8 Å². The van der Waals surface area contributed by atoms with E-state index < -0.39 is 29.0 Å². The van der Waals surface area contributed by atoms with Crippen LogP contribution in [-0.2, 0) is 15.8 Å². The minimum atomic E-state index is -2.43. The van der Waals surface area contributed by atoms with Crippen LogP contribution in [0.4, 0.5) is 11.4 Å². The second kappa shape index (κ2) is 15.3. The van der Waals surface area contributed by atoms with Crippen molar-refractivity contribution >= 4 is 46.5 Å². The van der Waals surface area contributed by atoms with Crippen molar-refractivity contribution in [1.82, 2.24) is 0 Å². The summed E-state index contributed by atoms with van der Waals surface area (Å²) in [5, 5.41) is 43.1. The summed E-state index contributed by atoms with van der Waals surface area (Å²) in [5.41, 5.74) is 3.39. The van der Waals surface area contributed by atoms with Gasteiger partial charge in [-0.1, -0.05) is 54.6 Å². The first-order valence-electron chi connectivity index (χ1n) is 13.1. The summed E-state index contributed by atoms with van der Waals surface area (Å²) < 4.78 is 0. The molecule has 0 unspecified atom stereocenters. The fourth-order valence-electron chi connectivity index (χ4n) is 4.85. The number of hydrogen-bond donors (Lipinski definition) is 1. The van der Waals surface area contributed by atoms with Gasteiger partial charge in [0.2, 0.25) is 0 Å². The standard InChI is InChI=1S/C28H26N2O4P.2C2H4O2/c1-20-10-4-7-13-26(20)35(27-14-8-5-11-21(27)2,28-15-9-6-12-22(28)3)19-23-16-24(29(31)32)18-25(17-23)30(33)34;2*1-2(3)4/h4-18H,19H2,1-3H3;2*1H3,(H,3,4)/q+1;;/p-1. The van der Waals surface area contributed by atoms with Gasteiger partial charge in [0.25, 0.3) is 17.3 Å². The molecule has 0 spiro atoms. The van der Waals surface area contributed by atoms with Crippen LogP contribution in [0.25, 0.3) is 0 Å². The van der Waals surface area contributed by atoms with Gasteiger partial charge in [-0.05, 0) is 62.6 Å². The summed E-state index contributed by atoms with van der Waals surface area (Å²) in [6, 6.07) is 28.7. The number of nitrogens with zero attached hydrogens (tertiary/aromatic N) is 2. The minimum absolute atomic E-state index is 0.272. The Morgan fingerprint density at radius 1 is 0.674 bits per heavy atom. The van der Waals surface area contributed by atoms with Gasteiger partial charge in [-0.25, -0.2) is 0 Å². The maximum atomic E-state index is 11.7. The van der Waals surface area contributed by atoms with Crippen molar-refractivity contribution in [2.75, 3.05) is 0 Å². The highest BCUT2D eigenvalue weighted by atomic mass is 31.2. The number of aryl methyl sites for hydroxylation is 3. The molecule has 224 valence electrons. The van der Waals surface area contributed by atoms with E-state index in [2.05, 4.69) is 57.2 Å². The lowest BCUT2D eigenvalue weighted by atomic mass is 10.2. The molecule has 10 nitrogen and oxygen atoms in total. The van der Waals surface area contributed by atoms with Crippen molar-refractivity contribution in [3.05, 3.63) is 133 Å². The number of aliphatic carboxylic acids is 2. The van der Waals surface area contributed by atoms with E-state index >= 15 is 0 Å². The van der Waals surface area contributed by atoms with E-state index in [1.165, 1.54) is 12.1 Å². The van der Waals surface area contributed by atoms with E-state index in [0.717, 1.165) is 52.5 Å². The molecule has 0 aliphatic rings. The van der Waals surface area contributed by atoms with Crippen LogP contribution in [0, 0.1) is 41.0 Å². The Hall–Kier alpha value is -4.95. The highest BCUT2D eigenvalue weighted by molar-refractivity contribution is 7.95. The van der Waals surface area contributed by atoms with Gasteiger partial charge >= 0.3 is 0 Å². The number of carboxylic acids is 2. The van der Waals surface area contributed by atoms with Crippen LogP contribution in [0.5, 0.6) is 0 Å². The lowest BCUT2D eigenvalue weighted by molar-refractivity contribution is -0.394. The number of carbonyl (C=O) groups is 2. The zero-order valence-corrected chi connectivity index (χ0v) is 25.4. The lowest BCUT2D eigenvalue weighted by Crippen LogP contribution is -2.36. The van der Waals surface area contributed by atoms with Crippen LogP contribution >= 0.6 is 7.26 Å². The summed E-state index contributed by atoms with van der Waals surface area (Å²) >= 11 is 0. The van der Waals surface area contributed by atoms with E-state index in [9.17, 15) is 20.2 Å². The van der Waals surface area contributed by atoms with Gasteiger partial charge in [0.15, 0.2) is 0 Å². The topological polar surface area (TPSA) is 164 Å². The van der Waals surface area contributed by atoms with Crippen molar-refractivity contribution < 1.29 is 29.6 Å². The van der Waals surface area contributed by atoms with Crippen LogP contribution in [0.2, 0.25) is 0 Å². The Kier molecular flexibility index (Phi) is 12.2. The predicted molar refractivity (Wildman–Crippen MR) is 167 cm³/mol. The smallest absolute Gasteiger partial charge is 0.300 e. The SMILES string of the molecule is CC(=O)O.CC(=O)[O-].Cc1ccccc1[P+](Cc1cc([N+](=O)[O-])cc([N+](=O)[O-])c1)(c1ccccc1C)c1ccccc1C. The highest BCUT2D eigenvalue weighted by Crippen LogP contribution is 2.60. The molecule has 0 fully saturated rings. The first-order chi connectivity index (χ1) is 20.2. The number of benzene rings is 4. The summed E-state index contributed by atoms with van der Waals surface area (Å²) in [6.07, 6.45) is 0.427. The lowest BCUT2D eigenvalue weighted by Gasteiger charge is -2.31. The van der Waals surface area contributed by atoms with Crippen LogP contribution in [0.1, 0.15) is 36.1 Å². The second-order valence-corrected chi connectivity index (χ2v) is 13.1. The summed E-state index contributed by atoms with van der Waals surface area (Å²) in [5.74, 6) is -1.92. The highest BCUT2D eigenvalue weighted by Gasteiger charge is 2.48. The number of hydrogen-bond acceptors (Lipinski definition) is 7. The molecule has 0 bridgehead atoms. The second-order valence-electron chi connectivity index (χ2n) is 9.71. The maximum absolute atomic E-state index is 11.7. The number of carbonyl (C=O) groups excluding carboxylic acids is 1. The number of rotatable bonds is 7. The molecule has 0 amide bonds. The van der Waals surface area contributed by atoms with Crippen LogP contribution in [-0.4, -0.2) is 26.9 Å². The van der Waals surface area contributed by atoms with Crippen LogP contribution < -0.4 is 21.0 Å². The van der Waals surface area contributed by atoms with Gasteiger partial charge in [0, 0.05) is 30.6 Å². The molecular weight excluding hydrogens is 571 g/mol. The fraction of sp³-hybridized carbons (Fsp3) is 0.188. The molecule has 1 N–H and O–H groups in total. The molecule has 0 aliphatic carbocycles. The molecule has 43 heavy (non-hydrogen) atoms. The van der Waals surface area contributed by atoms with Crippen molar-refractivity contribution in [1.29, 1.82) is 0 Å². The van der Waals surface area contributed by atoms with Gasteiger partial charge in [-0.15, -0.1) is 0 Å². The van der Waals surface area contributed by atoms with Crippen molar-refractivity contribution in [3.63, 3.8) is 0 Å². The van der Waals surface area contributed by atoms with Crippen molar-refractivity contribution in [3.8, 4) is 0 Å². The Labute approximate surface area is 250 Å². The fourth-order valence-corrected chi connectivity index (χ4v) is 9.92. The average Bonchev–Trinajstić information content (AvgIpc) is 2.92. The van der Waals surface area contributed by atoms with Gasteiger partial charge < -0.3 is 15.0 Å². The summed E-state index contributed by atoms with van der Waals surface area (Å²) in [4.78, 5) is 40.1. The largest absolute Gasteiger partial charge is 0.550 e. The monoisotopic (exact) mass is 604 g/mol. The van der Waals surface area contributed by atoms with Crippen LogP contribution in [0.15, 0.2) is 91.0 Å². The molecule has 4 aromatic rings. The maximum Gasteiger partial charge on any atom is 0.300 e. The van der Waals surface area contributed by atoms with Gasteiger partial charge in [-0.3, -0.25) is 25.0 Å². The zero-order valence-electron chi connectivity index (χ0n) is 24.5. The Morgan fingerprint density at radius 2 is 0.953 bits per heavy atom. The molecule has 0 atom stereocenters. The third-order valence-electron chi connectivity index (χ3n) is 6.38. The molecule has 0 heterocycles. The Bertz CT molecular complexity index is 1470. The van der Waals surface area contributed by atoms with Crippen LogP contribution in [0.3, 0.4) is 0 Å². The number of nitro benzene ring substituents is 2. The molecule has 0 aromatic heterocycles. The average molecular weight is 605 g/mol.